The molecule has 0 saturated carbocycles. The van der Waals surface area contributed by atoms with E-state index in [1.54, 1.807) is 35.6 Å². The van der Waals surface area contributed by atoms with E-state index in [9.17, 15) is 4.79 Å². The van der Waals surface area contributed by atoms with Gasteiger partial charge in [-0.05, 0) is 73.2 Å². The summed E-state index contributed by atoms with van der Waals surface area (Å²) in [4.78, 5) is 17.2. The summed E-state index contributed by atoms with van der Waals surface area (Å²) < 4.78 is 8.73. The third-order valence-corrected chi connectivity index (χ3v) is 7.74. The number of carbonyl (C=O) groups excluding carboxylic acids is 1. The summed E-state index contributed by atoms with van der Waals surface area (Å²) in [5.74, 6) is 1.45. The number of thioether (sulfide) groups is 1. The van der Waals surface area contributed by atoms with E-state index in [2.05, 4.69) is 34.6 Å². The molecule has 1 amide bonds. The van der Waals surface area contributed by atoms with E-state index in [0.29, 0.717) is 21.8 Å². The van der Waals surface area contributed by atoms with Crippen LogP contribution in [-0.2, 0) is 18.4 Å². The molecule has 1 N–H and O–H groups in total. The van der Waals surface area contributed by atoms with Crippen molar-refractivity contribution >= 4 is 56.5 Å². The number of halogens is 1. The minimum absolute atomic E-state index is 0.120. The number of rotatable bonds is 8. The molecule has 5 rings (SSSR count). The second-order valence-corrected chi connectivity index (χ2v) is 10.5. The van der Waals surface area contributed by atoms with Crippen LogP contribution in [0.25, 0.3) is 20.8 Å². The average molecular weight is 536 g/mol. The maximum Gasteiger partial charge on any atom is 0.234 e. The van der Waals surface area contributed by atoms with Gasteiger partial charge >= 0.3 is 0 Å². The van der Waals surface area contributed by atoms with E-state index in [4.69, 9.17) is 21.3 Å². The molecule has 0 bridgehead atoms. The molecule has 2 heterocycles. The van der Waals surface area contributed by atoms with Crippen LogP contribution < -0.4 is 10.1 Å². The van der Waals surface area contributed by atoms with Crippen LogP contribution in [0.15, 0.2) is 71.9 Å². The Kier molecular flexibility index (Phi) is 7.22. The van der Waals surface area contributed by atoms with Gasteiger partial charge in [0.2, 0.25) is 5.91 Å². The maximum absolute atomic E-state index is 12.5. The van der Waals surface area contributed by atoms with Gasteiger partial charge in [0.15, 0.2) is 11.0 Å². The lowest BCUT2D eigenvalue weighted by Crippen LogP contribution is -2.14. The maximum atomic E-state index is 12.5. The number of anilines is 1. The Morgan fingerprint density at radius 2 is 1.86 bits per heavy atom. The van der Waals surface area contributed by atoms with Crippen molar-refractivity contribution in [3.05, 3.63) is 83.1 Å². The van der Waals surface area contributed by atoms with Gasteiger partial charge in [-0.15, -0.1) is 21.5 Å². The number of fused-ring (bicyclic) bond motifs is 1. The van der Waals surface area contributed by atoms with Gasteiger partial charge in [-0.25, -0.2) is 4.98 Å². The molecule has 10 heteroatoms. The number of nitrogens with one attached hydrogen (secondary N) is 1. The fourth-order valence-corrected chi connectivity index (χ4v) is 5.38. The molecule has 0 saturated heterocycles. The summed E-state index contributed by atoms with van der Waals surface area (Å²) >= 11 is 8.88. The number of hydrogen-bond donors (Lipinski definition) is 1. The summed E-state index contributed by atoms with van der Waals surface area (Å²) in [5.41, 5.74) is 3.97. The summed E-state index contributed by atoms with van der Waals surface area (Å²) in [7, 11) is 1.85. The number of hydrogen-bond acceptors (Lipinski definition) is 7. The number of amides is 1. The highest BCUT2D eigenvalue weighted by molar-refractivity contribution is 7.99. The van der Waals surface area contributed by atoms with Crippen molar-refractivity contribution in [2.45, 2.75) is 18.7 Å². The lowest BCUT2D eigenvalue weighted by atomic mass is 10.2. The molecule has 0 aliphatic carbocycles. The molecule has 0 fully saturated rings. The van der Waals surface area contributed by atoms with Crippen molar-refractivity contribution in [1.29, 1.82) is 0 Å². The van der Waals surface area contributed by atoms with Crippen LogP contribution in [-0.4, -0.2) is 31.4 Å². The fraction of sp³-hybridized carbons (Fsp3) is 0.154. The molecular weight excluding hydrogens is 514 g/mol. The predicted molar refractivity (Wildman–Crippen MR) is 146 cm³/mol. The van der Waals surface area contributed by atoms with E-state index in [1.165, 1.54) is 22.0 Å². The highest BCUT2D eigenvalue weighted by Gasteiger charge is 2.13. The Hall–Kier alpha value is -3.40. The molecule has 5 aromatic rings. The first-order chi connectivity index (χ1) is 17.4. The summed E-state index contributed by atoms with van der Waals surface area (Å²) in [6.45, 7) is 2.34. The van der Waals surface area contributed by atoms with Gasteiger partial charge in [-0.2, -0.15) is 0 Å². The van der Waals surface area contributed by atoms with E-state index in [0.717, 1.165) is 21.8 Å². The first-order valence-corrected chi connectivity index (χ1v) is 13.3. The van der Waals surface area contributed by atoms with Crippen molar-refractivity contribution in [3.63, 3.8) is 0 Å². The largest absolute Gasteiger partial charge is 0.486 e. The quantitative estimate of drug-likeness (QED) is 0.233. The standard InChI is InChI=1S/C26H22ClN5O2S2/c1-16-3-12-21-22(13-16)36-25(29-21)17-4-8-19(9-5-17)28-24(33)15-35-26-31-30-23(32(26)2)14-34-20-10-6-18(27)7-11-20/h3-13H,14-15H2,1-2H3,(H,28,33). The first-order valence-electron chi connectivity index (χ1n) is 11.1. The highest BCUT2D eigenvalue weighted by Crippen LogP contribution is 2.31. The van der Waals surface area contributed by atoms with Crippen LogP contribution in [0.2, 0.25) is 5.02 Å². The third kappa shape index (κ3) is 5.70. The number of aromatic nitrogens is 4. The van der Waals surface area contributed by atoms with Gasteiger partial charge in [-0.1, -0.05) is 29.4 Å². The zero-order valence-corrected chi connectivity index (χ0v) is 22.0. The molecular formula is C26H22ClN5O2S2. The number of carbonyl (C=O) groups is 1. The second-order valence-electron chi connectivity index (χ2n) is 8.10. The third-order valence-electron chi connectivity index (χ3n) is 5.40. The van der Waals surface area contributed by atoms with Crippen LogP contribution in [0.3, 0.4) is 0 Å². The number of nitrogens with zero attached hydrogens (tertiary/aromatic N) is 4. The summed E-state index contributed by atoms with van der Waals surface area (Å²) in [6, 6.07) is 21.1. The Morgan fingerprint density at radius 3 is 2.64 bits per heavy atom. The zero-order valence-electron chi connectivity index (χ0n) is 19.6. The molecule has 0 atom stereocenters. The molecule has 2 aromatic heterocycles. The van der Waals surface area contributed by atoms with Crippen molar-refractivity contribution in [2.24, 2.45) is 7.05 Å². The van der Waals surface area contributed by atoms with Crippen molar-refractivity contribution < 1.29 is 9.53 Å². The minimum atomic E-state index is -0.120. The molecule has 0 aliphatic heterocycles. The van der Waals surface area contributed by atoms with Crippen molar-refractivity contribution in [1.82, 2.24) is 19.7 Å². The van der Waals surface area contributed by atoms with E-state index in [1.807, 2.05) is 41.9 Å². The SMILES string of the molecule is Cc1ccc2nc(-c3ccc(NC(=O)CSc4nnc(COc5ccc(Cl)cc5)n4C)cc3)sc2c1. The van der Waals surface area contributed by atoms with Crippen molar-refractivity contribution in [2.75, 3.05) is 11.1 Å². The first kappa shape index (κ1) is 24.3. The fourth-order valence-electron chi connectivity index (χ4n) is 3.45. The Bertz CT molecular complexity index is 1510. The highest BCUT2D eigenvalue weighted by atomic mass is 35.5. The molecule has 36 heavy (non-hydrogen) atoms. The summed E-state index contributed by atoms with van der Waals surface area (Å²) in [5, 5.41) is 13.5. The molecule has 7 nitrogen and oxygen atoms in total. The number of ether oxygens (including phenoxy) is 1. The van der Waals surface area contributed by atoms with Gasteiger partial charge in [0.05, 0.1) is 16.0 Å². The number of benzene rings is 3. The van der Waals surface area contributed by atoms with Gasteiger partial charge < -0.3 is 14.6 Å². The van der Waals surface area contributed by atoms with Crippen molar-refractivity contribution in [3.8, 4) is 16.3 Å². The van der Waals surface area contributed by atoms with Crippen LogP contribution in [0.5, 0.6) is 5.75 Å². The molecule has 0 unspecified atom stereocenters. The number of thiazole rings is 1. The normalized spacial score (nSPS) is 11.1. The topological polar surface area (TPSA) is 81.9 Å². The van der Waals surface area contributed by atoms with Crippen LogP contribution >= 0.6 is 34.7 Å². The Morgan fingerprint density at radius 1 is 1.08 bits per heavy atom. The second kappa shape index (κ2) is 10.7. The summed E-state index contributed by atoms with van der Waals surface area (Å²) in [6.07, 6.45) is 0. The Labute approximate surface area is 221 Å². The lowest BCUT2D eigenvalue weighted by molar-refractivity contribution is -0.113. The molecule has 182 valence electrons. The smallest absolute Gasteiger partial charge is 0.234 e. The van der Waals surface area contributed by atoms with Crippen LogP contribution in [0.4, 0.5) is 5.69 Å². The predicted octanol–water partition coefficient (Wildman–Crippen LogP) is 6.36. The van der Waals surface area contributed by atoms with E-state index < -0.39 is 0 Å². The van der Waals surface area contributed by atoms with Gasteiger partial charge in [0, 0.05) is 23.3 Å². The van der Waals surface area contributed by atoms with Gasteiger partial charge in [0.25, 0.3) is 0 Å². The van der Waals surface area contributed by atoms with Crippen LogP contribution in [0, 0.1) is 6.92 Å². The average Bonchev–Trinajstić information content (AvgIpc) is 3.45. The molecule has 0 aliphatic rings. The molecule has 0 spiro atoms. The lowest BCUT2D eigenvalue weighted by Gasteiger charge is -2.07. The van der Waals surface area contributed by atoms with Crippen LogP contribution in [0.1, 0.15) is 11.4 Å². The Balaban J connectivity index is 1.14. The van der Waals surface area contributed by atoms with E-state index >= 15 is 0 Å². The number of aryl methyl sites for hydroxylation is 1. The van der Waals surface area contributed by atoms with Gasteiger partial charge in [0.1, 0.15) is 17.4 Å². The monoisotopic (exact) mass is 535 g/mol. The minimum Gasteiger partial charge on any atom is -0.486 e. The molecule has 3 aromatic carbocycles. The van der Waals surface area contributed by atoms with Gasteiger partial charge in [-0.3, -0.25) is 4.79 Å². The van der Waals surface area contributed by atoms with E-state index in [-0.39, 0.29) is 18.3 Å². The molecule has 0 radical (unpaired) electrons. The zero-order chi connectivity index (χ0) is 25.1.